The molecule has 0 fully saturated rings. The maximum atomic E-state index is 12.7. The molecule has 28 heavy (non-hydrogen) atoms. The molecule has 0 aliphatic heterocycles. The summed E-state index contributed by atoms with van der Waals surface area (Å²) in [6.45, 7) is 9.27. The van der Waals surface area contributed by atoms with E-state index in [0.29, 0.717) is 24.3 Å². The average molecular weight is 382 g/mol. The summed E-state index contributed by atoms with van der Waals surface area (Å²) >= 11 is 0. The van der Waals surface area contributed by atoms with Crippen molar-refractivity contribution in [1.29, 1.82) is 0 Å². The topological polar surface area (TPSA) is 76.7 Å². The van der Waals surface area contributed by atoms with Crippen LogP contribution in [-0.2, 0) is 17.8 Å². The fourth-order valence-corrected chi connectivity index (χ4v) is 2.49. The predicted molar refractivity (Wildman–Crippen MR) is 108 cm³/mol. The summed E-state index contributed by atoms with van der Waals surface area (Å²) in [4.78, 5) is 24.6. The Morgan fingerprint density at radius 3 is 2.39 bits per heavy atom. The Morgan fingerprint density at radius 1 is 1.04 bits per heavy atom. The van der Waals surface area contributed by atoms with Gasteiger partial charge in [-0.25, -0.2) is 10.2 Å². The fraction of sp³-hybridized carbons (Fsp3) is 0.273. The van der Waals surface area contributed by atoms with Gasteiger partial charge in [0, 0.05) is 0 Å². The van der Waals surface area contributed by atoms with Gasteiger partial charge in [0.25, 0.3) is 5.91 Å². The van der Waals surface area contributed by atoms with Crippen LogP contribution in [-0.4, -0.2) is 17.6 Å². The molecule has 6 nitrogen and oxygen atoms in total. The molecule has 2 rings (SSSR count). The van der Waals surface area contributed by atoms with Crippen LogP contribution in [0.1, 0.15) is 42.3 Å². The number of amides is 2. The van der Waals surface area contributed by atoms with E-state index in [-0.39, 0.29) is 0 Å². The SMILES string of the molecule is C=CCc1cccc(OCc2ccccc2)c1C(=O)NNC(=O)OC(C)(C)C. The number of carbonyl (C=O) groups excluding carboxylic acids is 2. The molecule has 0 radical (unpaired) electrons. The molecule has 0 saturated heterocycles. The summed E-state index contributed by atoms with van der Waals surface area (Å²) < 4.78 is 11.0. The largest absolute Gasteiger partial charge is 0.488 e. The lowest BCUT2D eigenvalue weighted by Gasteiger charge is -2.20. The molecular formula is C22H26N2O4. The Bertz CT molecular complexity index is 826. The maximum Gasteiger partial charge on any atom is 0.426 e. The van der Waals surface area contributed by atoms with Crippen molar-refractivity contribution in [2.24, 2.45) is 0 Å². The van der Waals surface area contributed by atoms with Gasteiger partial charge in [-0.05, 0) is 44.4 Å². The molecule has 0 unspecified atom stereocenters. The van der Waals surface area contributed by atoms with E-state index < -0.39 is 17.6 Å². The lowest BCUT2D eigenvalue weighted by atomic mass is 10.0. The average Bonchev–Trinajstić information content (AvgIpc) is 2.64. The molecule has 0 aliphatic carbocycles. The van der Waals surface area contributed by atoms with Gasteiger partial charge in [0.15, 0.2) is 0 Å². The molecule has 0 bridgehead atoms. The van der Waals surface area contributed by atoms with Crippen LogP contribution in [0.5, 0.6) is 5.75 Å². The van der Waals surface area contributed by atoms with Crippen molar-refractivity contribution in [3.05, 3.63) is 77.9 Å². The second-order valence-corrected chi connectivity index (χ2v) is 7.14. The predicted octanol–water partition coefficient (Wildman–Crippen LogP) is 4.16. The number of benzene rings is 2. The van der Waals surface area contributed by atoms with Gasteiger partial charge < -0.3 is 9.47 Å². The Hall–Kier alpha value is -3.28. The van der Waals surface area contributed by atoms with Crippen molar-refractivity contribution >= 4 is 12.0 Å². The van der Waals surface area contributed by atoms with E-state index in [1.807, 2.05) is 42.5 Å². The zero-order valence-corrected chi connectivity index (χ0v) is 16.5. The van der Waals surface area contributed by atoms with Crippen molar-refractivity contribution in [3.63, 3.8) is 0 Å². The maximum absolute atomic E-state index is 12.7. The Kier molecular flexibility index (Phi) is 7.21. The van der Waals surface area contributed by atoms with Crippen LogP contribution in [0.25, 0.3) is 0 Å². The number of hydrogen-bond donors (Lipinski definition) is 2. The van der Waals surface area contributed by atoms with Crippen LogP contribution in [0.3, 0.4) is 0 Å². The number of ether oxygens (including phenoxy) is 2. The zero-order valence-electron chi connectivity index (χ0n) is 16.5. The van der Waals surface area contributed by atoms with E-state index in [2.05, 4.69) is 17.4 Å². The van der Waals surface area contributed by atoms with Gasteiger partial charge >= 0.3 is 6.09 Å². The molecule has 2 aromatic carbocycles. The monoisotopic (exact) mass is 382 g/mol. The summed E-state index contributed by atoms with van der Waals surface area (Å²) in [5, 5.41) is 0. The van der Waals surface area contributed by atoms with Gasteiger partial charge in [0.1, 0.15) is 18.0 Å². The van der Waals surface area contributed by atoms with E-state index in [9.17, 15) is 9.59 Å². The number of rotatable bonds is 6. The highest BCUT2D eigenvalue weighted by Crippen LogP contribution is 2.24. The van der Waals surface area contributed by atoms with E-state index in [4.69, 9.17) is 9.47 Å². The number of carbonyl (C=O) groups is 2. The van der Waals surface area contributed by atoms with Crippen molar-refractivity contribution < 1.29 is 19.1 Å². The quantitative estimate of drug-likeness (QED) is 0.581. The normalized spacial score (nSPS) is 10.7. The lowest BCUT2D eigenvalue weighted by molar-refractivity contribution is 0.0483. The molecule has 2 N–H and O–H groups in total. The second kappa shape index (κ2) is 9.60. The minimum absolute atomic E-state index is 0.318. The number of allylic oxidation sites excluding steroid dienone is 1. The van der Waals surface area contributed by atoms with Crippen LogP contribution < -0.4 is 15.6 Å². The first-order chi connectivity index (χ1) is 13.3. The molecule has 2 aromatic rings. The van der Waals surface area contributed by atoms with Gasteiger partial charge in [0.2, 0.25) is 0 Å². The molecule has 0 atom stereocenters. The van der Waals surface area contributed by atoms with Crippen LogP contribution in [0.4, 0.5) is 4.79 Å². The van der Waals surface area contributed by atoms with E-state index in [1.54, 1.807) is 32.9 Å². The third kappa shape index (κ3) is 6.46. The molecule has 0 spiro atoms. The van der Waals surface area contributed by atoms with Crippen LogP contribution in [0, 0.1) is 0 Å². The van der Waals surface area contributed by atoms with E-state index in [1.165, 1.54) is 0 Å². The summed E-state index contributed by atoms with van der Waals surface area (Å²) in [6, 6.07) is 15.0. The number of nitrogens with one attached hydrogen (secondary N) is 2. The van der Waals surface area contributed by atoms with Crippen LogP contribution in [0.2, 0.25) is 0 Å². The molecule has 0 aromatic heterocycles. The highest BCUT2D eigenvalue weighted by molar-refractivity contribution is 5.99. The van der Waals surface area contributed by atoms with Gasteiger partial charge in [-0.2, -0.15) is 0 Å². The Balaban J connectivity index is 2.16. The van der Waals surface area contributed by atoms with E-state index >= 15 is 0 Å². The third-order valence-corrected chi connectivity index (χ3v) is 3.62. The van der Waals surface area contributed by atoms with Crippen LogP contribution in [0.15, 0.2) is 61.2 Å². The first kappa shape index (κ1) is 21.0. The highest BCUT2D eigenvalue weighted by atomic mass is 16.6. The van der Waals surface area contributed by atoms with Gasteiger partial charge in [-0.3, -0.25) is 10.2 Å². The number of hydrazine groups is 1. The van der Waals surface area contributed by atoms with Gasteiger partial charge in [0.05, 0.1) is 5.56 Å². The van der Waals surface area contributed by atoms with E-state index in [0.717, 1.165) is 11.1 Å². The summed E-state index contributed by atoms with van der Waals surface area (Å²) in [6.07, 6.45) is 1.44. The Labute approximate surface area is 165 Å². The minimum Gasteiger partial charge on any atom is -0.488 e. The van der Waals surface area contributed by atoms with Crippen molar-refractivity contribution in [3.8, 4) is 5.75 Å². The molecule has 148 valence electrons. The smallest absolute Gasteiger partial charge is 0.426 e. The molecule has 2 amide bonds. The van der Waals surface area contributed by atoms with Crippen molar-refractivity contribution in [2.45, 2.75) is 39.4 Å². The third-order valence-electron chi connectivity index (χ3n) is 3.62. The standard InChI is InChI=1S/C22H26N2O4/c1-5-10-17-13-9-14-18(27-15-16-11-7-6-8-12-16)19(17)20(25)23-24-21(26)28-22(2,3)4/h5-9,11-14H,1,10,15H2,2-4H3,(H,23,25)(H,24,26). The Morgan fingerprint density at radius 2 is 1.75 bits per heavy atom. The minimum atomic E-state index is -0.742. The number of hydrogen-bond acceptors (Lipinski definition) is 4. The molecular weight excluding hydrogens is 356 g/mol. The van der Waals surface area contributed by atoms with Gasteiger partial charge in [-0.15, -0.1) is 6.58 Å². The summed E-state index contributed by atoms with van der Waals surface area (Å²) in [5.74, 6) is -0.0712. The summed E-state index contributed by atoms with van der Waals surface area (Å²) in [7, 11) is 0. The fourth-order valence-electron chi connectivity index (χ4n) is 2.49. The van der Waals surface area contributed by atoms with Crippen LogP contribution >= 0.6 is 0 Å². The highest BCUT2D eigenvalue weighted by Gasteiger charge is 2.20. The van der Waals surface area contributed by atoms with Crippen molar-refractivity contribution in [1.82, 2.24) is 10.9 Å². The summed E-state index contributed by atoms with van der Waals surface area (Å²) in [5.41, 5.74) is 6.04. The zero-order chi connectivity index (χ0) is 20.6. The molecule has 0 aliphatic rings. The van der Waals surface area contributed by atoms with Crippen molar-refractivity contribution in [2.75, 3.05) is 0 Å². The van der Waals surface area contributed by atoms with Gasteiger partial charge in [-0.1, -0.05) is 48.5 Å². The second-order valence-electron chi connectivity index (χ2n) is 7.14. The molecule has 6 heteroatoms. The first-order valence-electron chi connectivity index (χ1n) is 8.99. The first-order valence-corrected chi connectivity index (χ1v) is 8.99. The molecule has 0 heterocycles. The molecule has 0 saturated carbocycles. The lowest BCUT2D eigenvalue weighted by Crippen LogP contribution is -2.44.